The van der Waals surface area contributed by atoms with E-state index in [0.717, 1.165) is 11.1 Å². The predicted molar refractivity (Wildman–Crippen MR) is 97.3 cm³/mol. The number of anilines is 1. The summed E-state index contributed by atoms with van der Waals surface area (Å²) < 4.78 is 10.8. The number of rotatable bonds is 7. The van der Waals surface area contributed by atoms with Gasteiger partial charge in [-0.2, -0.15) is 0 Å². The van der Waals surface area contributed by atoms with Crippen LogP contribution in [-0.4, -0.2) is 41.0 Å². The fraction of sp³-hybridized carbons (Fsp3) is 0.375. The highest BCUT2D eigenvalue weighted by atomic mass is 32.2. The van der Waals surface area contributed by atoms with Crippen molar-refractivity contribution in [2.75, 3.05) is 18.2 Å². The number of nitrogens with one attached hydrogen (secondary N) is 1. The molecule has 0 aliphatic carbocycles. The molecule has 0 bridgehead atoms. The molecule has 0 spiro atoms. The summed E-state index contributed by atoms with van der Waals surface area (Å²) in [6.07, 6.45) is -0.684. The molecule has 1 amide bonds. The monoisotopic (exact) mass is 381 g/mol. The Morgan fingerprint density at radius 2 is 1.92 bits per heavy atom. The number of nitrogens with zero attached hydrogens (tertiary/aromatic N) is 2. The molecule has 1 atom stereocenters. The Balaban J connectivity index is 1.90. The molecule has 25 heavy (non-hydrogen) atoms. The lowest BCUT2D eigenvalue weighted by Crippen LogP contribution is -2.30. The lowest BCUT2D eigenvalue weighted by molar-refractivity contribution is -0.137. The van der Waals surface area contributed by atoms with E-state index >= 15 is 0 Å². The third-order valence-corrected chi connectivity index (χ3v) is 5.00. The second kappa shape index (κ2) is 8.82. The Labute approximate surface area is 154 Å². The molecular weight excluding hydrogens is 362 g/mol. The van der Waals surface area contributed by atoms with Gasteiger partial charge < -0.3 is 9.47 Å². The standard InChI is InChI=1S/C16H19N3O4S2/c1-9-5-10(2)7-12(6-9)23-11(3)14(21)17-15-18-19-16(25-15)24-8-13(20)22-4/h5-7,11H,8H2,1-4H3,(H,17,18,21)/t11-/m1/s1. The number of ether oxygens (including phenoxy) is 2. The highest BCUT2D eigenvalue weighted by molar-refractivity contribution is 8.01. The minimum Gasteiger partial charge on any atom is -0.481 e. The second-order valence-electron chi connectivity index (χ2n) is 5.31. The van der Waals surface area contributed by atoms with E-state index in [1.165, 1.54) is 30.2 Å². The summed E-state index contributed by atoms with van der Waals surface area (Å²) in [7, 11) is 1.33. The zero-order valence-electron chi connectivity index (χ0n) is 14.4. The number of benzene rings is 1. The number of hydrogen-bond donors (Lipinski definition) is 1. The van der Waals surface area contributed by atoms with E-state index < -0.39 is 6.10 Å². The van der Waals surface area contributed by atoms with E-state index in [0.29, 0.717) is 15.2 Å². The molecule has 1 heterocycles. The highest BCUT2D eigenvalue weighted by Crippen LogP contribution is 2.25. The van der Waals surface area contributed by atoms with Gasteiger partial charge in [0.25, 0.3) is 5.91 Å². The van der Waals surface area contributed by atoms with Gasteiger partial charge >= 0.3 is 5.97 Å². The number of hydrogen-bond acceptors (Lipinski definition) is 8. The van der Waals surface area contributed by atoms with Gasteiger partial charge in [-0.3, -0.25) is 14.9 Å². The maximum absolute atomic E-state index is 12.2. The molecule has 0 radical (unpaired) electrons. The highest BCUT2D eigenvalue weighted by Gasteiger charge is 2.17. The molecule has 9 heteroatoms. The van der Waals surface area contributed by atoms with Crippen LogP contribution in [-0.2, 0) is 14.3 Å². The first kappa shape index (κ1) is 19.2. The van der Waals surface area contributed by atoms with Crippen LogP contribution in [0.25, 0.3) is 0 Å². The number of thioether (sulfide) groups is 1. The van der Waals surface area contributed by atoms with Gasteiger partial charge in [0.1, 0.15) is 5.75 Å². The first-order valence-electron chi connectivity index (χ1n) is 7.46. The first-order chi connectivity index (χ1) is 11.9. The van der Waals surface area contributed by atoms with Gasteiger partial charge in [0, 0.05) is 0 Å². The van der Waals surface area contributed by atoms with Crippen LogP contribution >= 0.6 is 23.1 Å². The third kappa shape index (κ3) is 6.02. The summed E-state index contributed by atoms with van der Waals surface area (Å²) >= 11 is 2.39. The van der Waals surface area contributed by atoms with Crippen LogP contribution in [0.4, 0.5) is 5.13 Å². The fourth-order valence-corrected chi connectivity index (χ4v) is 3.55. The summed E-state index contributed by atoms with van der Waals surface area (Å²) in [5, 5.41) is 10.8. The topological polar surface area (TPSA) is 90.4 Å². The third-order valence-electron chi connectivity index (χ3n) is 3.06. The molecule has 134 valence electrons. The van der Waals surface area contributed by atoms with Crippen molar-refractivity contribution in [3.63, 3.8) is 0 Å². The number of carbonyl (C=O) groups is 2. The van der Waals surface area contributed by atoms with Crippen LogP contribution in [0.15, 0.2) is 22.5 Å². The zero-order chi connectivity index (χ0) is 18.4. The van der Waals surface area contributed by atoms with Crippen LogP contribution in [0.3, 0.4) is 0 Å². The maximum Gasteiger partial charge on any atom is 0.316 e. The largest absolute Gasteiger partial charge is 0.481 e. The van der Waals surface area contributed by atoms with Crippen molar-refractivity contribution in [3.05, 3.63) is 29.3 Å². The molecule has 0 aliphatic heterocycles. The molecule has 1 aromatic carbocycles. The van der Waals surface area contributed by atoms with Crippen molar-refractivity contribution in [2.45, 2.75) is 31.2 Å². The molecule has 0 fully saturated rings. The molecule has 7 nitrogen and oxygen atoms in total. The first-order valence-corrected chi connectivity index (χ1v) is 9.26. The summed E-state index contributed by atoms with van der Waals surface area (Å²) in [4.78, 5) is 23.3. The van der Waals surface area contributed by atoms with E-state index in [9.17, 15) is 9.59 Å². The van der Waals surface area contributed by atoms with Gasteiger partial charge in [-0.15, -0.1) is 10.2 Å². The van der Waals surface area contributed by atoms with E-state index in [1.54, 1.807) is 6.92 Å². The Morgan fingerprint density at radius 3 is 2.56 bits per heavy atom. The van der Waals surface area contributed by atoms with E-state index in [2.05, 4.69) is 20.3 Å². The van der Waals surface area contributed by atoms with Crippen LogP contribution < -0.4 is 10.1 Å². The number of carbonyl (C=O) groups excluding carboxylic acids is 2. The van der Waals surface area contributed by atoms with Crippen molar-refractivity contribution in [1.29, 1.82) is 0 Å². The predicted octanol–water partition coefficient (Wildman–Crippen LogP) is 2.83. The summed E-state index contributed by atoms with van der Waals surface area (Å²) in [5.74, 6) is 0.124. The smallest absolute Gasteiger partial charge is 0.316 e. The van der Waals surface area contributed by atoms with Gasteiger partial charge in [0.2, 0.25) is 5.13 Å². The van der Waals surface area contributed by atoms with Crippen molar-refractivity contribution < 1.29 is 19.1 Å². The zero-order valence-corrected chi connectivity index (χ0v) is 16.0. The van der Waals surface area contributed by atoms with Gasteiger partial charge in [0.05, 0.1) is 12.9 Å². The Kier molecular flexibility index (Phi) is 6.77. The Morgan fingerprint density at radius 1 is 1.24 bits per heavy atom. The lowest BCUT2D eigenvalue weighted by atomic mass is 10.1. The number of aromatic nitrogens is 2. The summed E-state index contributed by atoms with van der Waals surface area (Å²) in [6.45, 7) is 5.61. The van der Waals surface area contributed by atoms with Crippen molar-refractivity contribution in [3.8, 4) is 5.75 Å². The minimum absolute atomic E-state index is 0.144. The molecule has 0 unspecified atom stereocenters. The molecule has 2 aromatic rings. The SMILES string of the molecule is COC(=O)CSc1nnc(NC(=O)[C@@H](C)Oc2cc(C)cc(C)c2)s1. The van der Waals surface area contributed by atoms with E-state index in [1.807, 2.05) is 32.0 Å². The number of aryl methyl sites for hydroxylation is 2. The van der Waals surface area contributed by atoms with Crippen molar-refractivity contribution >= 4 is 40.1 Å². The summed E-state index contributed by atoms with van der Waals surface area (Å²) in [6, 6.07) is 5.79. The van der Waals surface area contributed by atoms with Gasteiger partial charge in [0.15, 0.2) is 10.4 Å². The molecule has 1 N–H and O–H groups in total. The van der Waals surface area contributed by atoms with Crippen LogP contribution in [0, 0.1) is 13.8 Å². The van der Waals surface area contributed by atoms with Crippen LogP contribution in [0.5, 0.6) is 5.75 Å². The molecule has 1 aromatic heterocycles. The number of methoxy groups -OCH3 is 1. The fourth-order valence-electron chi connectivity index (χ4n) is 1.96. The van der Waals surface area contributed by atoms with Crippen molar-refractivity contribution in [2.24, 2.45) is 0 Å². The van der Waals surface area contributed by atoms with Gasteiger partial charge in [-0.05, 0) is 44.0 Å². The molecule has 0 aliphatic rings. The molecule has 2 rings (SSSR count). The van der Waals surface area contributed by atoms with E-state index in [-0.39, 0.29) is 17.6 Å². The Bertz CT molecular complexity index is 743. The molecule has 0 saturated carbocycles. The van der Waals surface area contributed by atoms with Gasteiger partial charge in [-0.1, -0.05) is 29.2 Å². The quantitative estimate of drug-likeness (QED) is 0.448. The maximum atomic E-state index is 12.2. The second-order valence-corrected chi connectivity index (χ2v) is 7.51. The summed E-state index contributed by atoms with van der Waals surface area (Å²) in [5.41, 5.74) is 2.14. The van der Waals surface area contributed by atoms with Gasteiger partial charge in [-0.25, -0.2) is 0 Å². The minimum atomic E-state index is -0.684. The molecular formula is C16H19N3O4S2. The lowest BCUT2D eigenvalue weighted by Gasteiger charge is -2.14. The average molecular weight is 381 g/mol. The number of esters is 1. The van der Waals surface area contributed by atoms with Crippen LogP contribution in [0.2, 0.25) is 0 Å². The average Bonchev–Trinajstić information content (AvgIpc) is 2.98. The Hall–Kier alpha value is -2.13. The van der Waals surface area contributed by atoms with E-state index in [4.69, 9.17) is 4.74 Å². The van der Waals surface area contributed by atoms with Crippen LogP contribution in [0.1, 0.15) is 18.1 Å². The van der Waals surface area contributed by atoms with Crippen molar-refractivity contribution in [1.82, 2.24) is 10.2 Å². The normalized spacial score (nSPS) is 11.7. The number of amides is 1. The molecule has 0 saturated heterocycles.